The monoisotopic (exact) mass is 357 g/mol. The summed E-state index contributed by atoms with van der Waals surface area (Å²) < 4.78 is 31.8. The summed E-state index contributed by atoms with van der Waals surface area (Å²) in [5.74, 6) is -1.66. The standard InChI is InChI=1S/C16H23NO6S/c1-4-23-15(18)10-12-6-5-7-13(9-12)24(21,22)17-14(16(19)20)8-11(2)3/h5-7,9,11,14,17H,4,8,10H2,1-3H3,(H,19,20). The highest BCUT2D eigenvalue weighted by Crippen LogP contribution is 2.15. The van der Waals surface area contributed by atoms with Gasteiger partial charge in [-0.2, -0.15) is 4.72 Å². The summed E-state index contributed by atoms with van der Waals surface area (Å²) in [7, 11) is -4.00. The molecular weight excluding hydrogens is 334 g/mol. The summed E-state index contributed by atoms with van der Waals surface area (Å²) in [6, 6.07) is 4.60. The molecule has 1 atom stereocenters. The van der Waals surface area contributed by atoms with E-state index in [1.54, 1.807) is 13.0 Å². The van der Waals surface area contributed by atoms with Gasteiger partial charge >= 0.3 is 11.9 Å². The second-order valence-electron chi connectivity index (χ2n) is 5.77. The highest BCUT2D eigenvalue weighted by molar-refractivity contribution is 7.89. The number of hydrogen-bond donors (Lipinski definition) is 2. The summed E-state index contributed by atoms with van der Waals surface area (Å²) in [6.45, 7) is 5.55. The summed E-state index contributed by atoms with van der Waals surface area (Å²) in [4.78, 5) is 22.7. The first-order valence-electron chi connectivity index (χ1n) is 7.65. The molecule has 0 saturated carbocycles. The van der Waals surface area contributed by atoms with E-state index in [0.29, 0.717) is 5.56 Å². The van der Waals surface area contributed by atoms with Crippen molar-refractivity contribution in [1.82, 2.24) is 4.72 Å². The number of ether oxygens (including phenoxy) is 1. The Kier molecular flexibility index (Phi) is 7.37. The molecule has 1 rings (SSSR count). The van der Waals surface area contributed by atoms with E-state index in [1.807, 2.05) is 13.8 Å². The summed E-state index contributed by atoms with van der Waals surface area (Å²) in [5, 5.41) is 9.18. The van der Waals surface area contributed by atoms with E-state index in [-0.39, 0.29) is 30.3 Å². The van der Waals surface area contributed by atoms with Gasteiger partial charge in [0.15, 0.2) is 0 Å². The summed E-state index contributed by atoms with van der Waals surface area (Å²) >= 11 is 0. The van der Waals surface area contributed by atoms with E-state index < -0.39 is 28.0 Å². The minimum absolute atomic E-state index is 0.0175. The molecule has 0 aliphatic heterocycles. The van der Waals surface area contributed by atoms with Crippen LogP contribution in [0, 0.1) is 5.92 Å². The molecule has 0 saturated heterocycles. The van der Waals surface area contributed by atoms with Gasteiger partial charge in [-0.05, 0) is 37.0 Å². The van der Waals surface area contributed by atoms with Gasteiger partial charge in [0.25, 0.3) is 0 Å². The van der Waals surface area contributed by atoms with Crippen LogP contribution in [0.5, 0.6) is 0 Å². The molecule has 0 heterocycles. The Morgan fingerprint density at radius 2 is 1.96 bits per heavy atom. The molecule has 0 bridgehead atoms. The first kappa shape index (κ1) is 20.1. The quantitative estimate of drug-likeness (QED) is 0.649. The maximum Gasteiger partial charge on any atom is 0.321 e. The van der Waals surface area contributed by atoms with Gasteiger partial charge in [0.05, 0.1) is 17.9 Å². The predicted molar refractivity (Wildman–Crippen MR) is 88.0 cm³/mol. The Labute approximate surface area is 142 Å². The first-order valence-corrected chi connectivity index (χ1v) is 9.13. The molecule has 0 amide bonds. The molecule has 0 radical (unpaired) electrons. The largest absolute Gasteiger partial charge is 0.480 e. The van der Waals surface area contributed by atoms with Crippen LogP contribution in [0.15, 0.2) is 29.2 Å². The van der Waals surface area contributed by atoms with Gasteiger partial charge in [-0.15, -0.1) is 0 Å². The molecule has 134 valence electrons. The van der Waals surface area contributed by atoms with Crippen molar-refractivity contribution < 1.29 is 27.9 Å². The lowest BCUT2D eigenvalue weighted by Gasteiger charge is -2.17. The lowest BCUT2D eigenvalue weighted by molar-refractivity contribution is -0.142. The van der Waals surface area contributed by atoms with Crippen molar-refractivity contribution in [2.24, 2.45) is 5.92 Å². The second-order valence-corrected chi connectivity index (χ2v) is 7.48. The number of aliphatic carboxylic acids is 1. The number of rotatable bonds is 9. The number of sulfonamides is 1. The first-order chi connectivity index (χ1) is 11.2. The number of hydrogen-bond acceptors (Lipinski definition) is 5. The van der Waals surface area contributed by atoms with Crippen LogP contribution >= 0.6 is 0 Å². The molecule has 0 aliphatic carbocycles. The van der Waals surface area contributed by atoms with Crippen LogP contribution < -0.4 is 4.72 Å². The van der Waals surface area contributed by atoms with Crippen molar-refractivity contribution in [3.63, 3.8) is 0 Å². The fourth-order valence-corrected chi connectivity index (χ4v) is 3.40. The molecule has 1 unspecified atom stereocenters. The third-order valence-corrected chi connectivity index (χ3v) is 4.63. The van der Waals surface area contributed by atoms with Crippen LogP contribution in [-0.4, -0.2) is 38.1 Å². The van der Waals surface area contributed by atoms with Crippen molar-refractivity contribution >= 4 is 22.0 Å². The minimum Gasteiger partial charge on any atom is -0.480 e. The van der Waals surface area contributed by atoms with E-state index >= 15 is 0 Å². The maximum absolute atomic E-state index is 12.4. The SMILES string of the molecule is CCOC(=O)Cc1cccc(S(=O)(=O)NC(CC(C)C)C(=O)O)c1. The van der Waals surface area contributed by atoms with Gasteiger partial charge < -0.3 is 9.84 Å². The smallest absolute Gasteiger partial charge is 0.321 e. The zero-order chi connectivity index (χ0) is 18.3. The fourth-order valence-electron chi connectivity index (χ4n) is 2.13. The Morgan fingerprint density at radius 1 is 1.29 bits per heavy atom. The van der Waals surface area contributed by atoms with Crippen LogP contribution in [0.3, 0.4) is 0 Å². The van der Waals surface area contributed by atoms with Crippen LogP contribution in [-0.2, 0) is 30.8 Å². The van der Waals surface area contributed by atoms with Gasteiger partial charge in [0.2, 0.25) is 10.0 Å². The Bertz CT molecular complexity index is 684. The number of carboxylic acids is 1. The van der Waals surface area contributed by atoms with Gasteiger partial charge in [-0.1, -0.05) is 26.0 Å². The van der Waals surface area contributed by atoms with Crippen LogP contribution in [0.25, 0.3) is 0 Å². The second kappa shape index (κ2) is 8.79. The fraction of sp³-hybridized carbons (Fsp3) is 0.500. The average molecular weight is 357 g/mol. The summed E-state index contributed by atoms with van der Waals surface area (Å²) in [6.07, 6.45) is 0.128. The zero-order valence-electron chi connectivity index (χ0n) is 14.0. The lowest BCUT2D eigenvalue weighted by Crippen LogP contribution is -2.41. The van der Waals surface area contributed by atoms with Gasteiger partial charge in [0.1, 0.15) is 6.04 Å². The molecule has 1 aromatic carbocycles. The molecule has 0 aromatic heterocycles. The number of benzene rings is 1. The molecule has 0 fully saturated rings. The van der Waals surface area contributed by atoms with Gasteiger partial charge in [-0.3, -0.25) is 9.59 Å². The molecule has 0 aliphatic rings. The minimum atomic E-state index is -4.00. The maximum atomic E-state index is 12.4. The van der Waals surface area contributed by atoms with Crippen molar-refractivity contribution in [3.05, 3.63) is 29.8 Å². The molecule has 1 aromatic rings. The van der Waals surface area contributed by atoms with E-state index in [4.69, 9.17) is 4.74 Å². The highest BCUT2D eigenvalue weighted by atomic mass is 32.2. The topological polar surface area (TPSA) is 110 Å². The normalized spacial score (nSPS) is 12.8. The number of esters is 1. The third kappa shape index (κ3) is 6.29. The highest BCUT2D eigenvalue weighted by Gasteiger charge is 2.26. The van der Waals surface area contributed by atoms with Gasteiger partial charge in [-0.25, -0.2) is 8.42 Å². The van der Waals surface area contributed by atoms with Crippen LogP contribution in [0.2, 0.25) is 0 Å². The molecule has 2 N–H and O–H groups in total. The molecular formula is C16H23NO6S. The number of carboxylic acid groups (broad SMARTS) is 1. The van der Waals surface area contributed by atoms with E-state index in [0.717, 1.165) is 0 Å². The van der Waals surface area contributed by atoms with Crippen molar-refractivity contribution in [1.29, 1.82) is 0 Å². The Hall–Kier alpha value is -1.93. The Morgan fingerprint density at radius 3 is 2.50 bits per heavy atom. The Balaban J connectivity index is 2.97. The number of carbonyl (C=O) groups is 2. The van der Waals surface area contributed by atoms with Crippen LogP contribution in [0.1, 0.15) is 32.8 Å². The van der Waals surface area contributed by atoms with Gasteiger partial charge in [0, 0.05) is 0 Å². The molecule has 8 heteroatoms. The average Bonchev–Trinajstić information content (AvgIpc) is 2.46. The number of nitrogens with one attached hydrogen (secondary N) is 1. The lowest BCUT2D eigenvalue weighted by atomic mass is 10.1. The van der Waals surface area contributed by atoms with Crippen molar-refractivity contribution in [2.75, 3.05) is 6.61 Å². The molecule has 24 heavy (non-hydrogen) atoms. The molecule has 0 spiro atoms. The molecule has 7 nitrogen and oxygen atoms in total. The van der Waals surface area contributed by atoms with Crippen LogP contribution in [0.4, 0.5) is 0 Å². The van der Waals surface area contributed by atoms with E-state index in [9.17, 15) is 23.1 Å². The van der Waals surface area contributed by atoms with E-state index in [2.05, 4.69) is 4.72 Å². The zero-order valence-corrected chi connectivity index (χ0v) is 14.8. The van der Waals surface area contributed by atoms with Crippen molar-refractivity contribution in [3.8, 4) is 0 Å². The van der Waals surface area contributed by atoms with E-state index in [1.165, 1.54) is 18.2 Å². The summed E-state index contributed by atoms with van der Waals surface area (Å²) in [5.41, 5.74) is 0.479. The third-order valence-electron chi connectivity index (χ3n) is 3.17. The predicted octanol–water partition coefficient (Wildman–Crippen LogP) is 1.57. The van der Waals surface area contributed by atoms with Crippen molar-refractivity contribution in [2.45, 2.75) is 44.6 Å². The number of carbonyl (C=O) groups excluding carboxylic acids is 1.